The van der Waals surface area contributed by atoms with Crippen LogP contribution in [0.4, 0.5) is 0 Å². The van der Waals surface area contributed by atoms with Crippen LogP contribution in [0.3, 0.4) is 0 Å². The summed E-state index contributed by atoms with van der Waals surface area (Å²) in [4.78, 5) is 4.35. The van der Waals surface area contributed by atoms with Gasteiger partial charge in [-0.2, -0.15) is 0 Å². The van der Waals surface area contributed by atoms with E-state index in [0.29, 0.717) is 6.04 Å². The lowest BCUT2D eigenvalue weighted by molar-refractivity contribution is 0.282. The van der Waals surface area contributed by atoms with Crippen molar-refractivity contribution in [3.8, 4) is 0 Å². The maximum atomic E-state index is 4.35. The molecule has 0 bridgehead atoms. The third kappa shape index (κ3) is 2.31. The van der Waals surface area contributed by atoms with Gasteiger partial charge in [-0.25, -0.2) is 4.98 Å². The second-order valence-electron chi connectivity index (χ2n) is 4.55. The van der Waals surface area contributed by atoms with Crippen molar-refractivity contribution in [2.24, 2.45) is 12.5 Å². The number of aromatic nitrogens is 2. The number of nitrogens with zero attached hydrogens (tertiary/aromatic N) is 2. The van der Waals surface area contributed by atoms with E-state index in [4.69, 9.17) is 0 Å². The van der Waals surface area contributed by atoms with E-state index in [-0.39, 0.29) is 5.41 Å². The standard InChI is InChI=1S/C10H19N3/c1-10(2,3)9(11-4)8-6-13(5)7-12-8/h6-7,9,11H,1-5H3. The predicted molar refractivity (Wildman–Crippen MR) is 54.5 cm³/mol. The molecule has 1 N–H and O–H groups in total. The van der Waals surface area contributed by atoms with Crippen molar-refractivity contribution in [3.63, 3.8) is 0 Å². The zero-order valence-electron chi connectivity index (χ0n) is 9.13. The molecule has 0 aromatic carbocycles. The van der Waals surface area contributed by atoms with Crippen LogP contribution in [0.25, 0.3) is 0 Å². The highest BCUT2D eigenvalue weighted by Gasteiger charge is 2.26. The van der Waals surface area contributed by atoms with Crippen molar-refractivity contribution in [2.75, 3.05) is 7.05 Å². The number of nitrogens with one attached hydrogen (secondary N) is 1. The van der Waals surface area contributed by atoms with Crippen LogP contribution < -0.4 is 5.32 Å². The highest BCUT2D eigenvalue weighted by molar-refractivity contribution is 5.06. The molecule has 1 aromatic heterocycles. The Balaban J connectivity index is 2.91. The second kappa shape index (κ2) is 3.50. The molecule has 0 saturated heterocycles. The SMILES string of the molecule is CNC(c1cn(C)cn1)C(C)(C)C. The molecule has 74 valence electrons. The second-order valence-corrected chi connectivity index (χ2v) is 4.55. The summed E-state index contributed by atoms with van der Waals surface area (Å²) in [6, 6.07) is 0.314. The average Bonchev–Trinajstić information content (AvgIpc) is 2.34. The fraction of sp³-hybridized carbons (Fsp3) is 0.700. The van der Waals surface area contributed by atoms with Crippen molar-refractivity contribution >= 4 is 0 Å². The Bertz CT molecular complexity index is 270. The Kier molecular flexibility index (Phi) is 2.76. The summed E-state index contributed by atoms with van der Waals surface area (Å²) in [6.07, 6.45) is 3.90. The minimum absolute atomic E-state index is 0.198. The molecule has 3 heteroatoms. The van der Waals surface area contributed by atoms with Crippen LogP contribution in [0.5, 0.6) is 0 Å². The first-order valence-electron chi connectivity index (χ1n) is 4.60. The van der Waals surface area contributed by atoms with Crippen LogP contribution in [0.2, 0.25) is 0 Å². The van der Waals surface area contributed by atoms with Gasteiger partial charge in [-0.3, -0.25) is 0 Å². The monoisotopic (exact) mass is 181 g/mol. The van der Waals surface area contributed by atoms with Crippen LogP contribution in [0.1, 0.15) is 32.5 Å². The summed E-state index contributed by atoms with van der Waals surface area (Å²) in [5.41, 5.74) is 1.31. The lowest BCUT2D eigenvalue weighted by Gasteiger charge is -2.28. The van der Waals surface area contributed by atoms with Gasteiger partial charge in [-0.15, -0.1) is 0 Å². The van der Waals surface area contributed by atoms with E-state index in [1.807, 2.05) is 25.0 Å². The Morgan fingerprint density at radius 3 is 2.38 bits per heavy atom. The third-order valence-electron chi connectivity index (χ3n) is 2.18. The smallest absolute Gasteiger partial charge is 0.0947 e. The van der Waals surface area contributed by atoms with Crippen LogP contribution in [0.15, 0.2) is 12.5 Å². The molecule has 3 nitrogen and oxygen atoms in total. The maximum absolute atomic E-state index is 4.35. The summed E-state index contributed by atoms with van der Waals surface area (Å²) < 4.78 is 1.98. The van der Waals surface area contributed by atoms with Gasteiger partial charge < -0.3 is 9.88 Å². The van der Waals surface area contributed by atoms with E-state index in [1.165, 1.54) is 0 Å². The summed E-state index contributed by atoms with van der Waals surface area (Å²) in [5.74, 6) is 0. The molecule has 0 aliphatic carbocycles. The molecule has 1 rings (SSSR count). The predicted octanol–water partition coefficient (Wildman–Crippen LogP) is 1.73. The number of rotatable bonds is 2. The molecule has 1 aromatic rings. The van der Waals surface area contributed by atoms with Crippen LogP contribution in [0, 0.1) is 5.41 Å². The zero-order chi connectivity index (χ0) is 10.1. The van der Waals surface area contributed by atoms with Crippen molar-refractivity contribution in [1.29, 1.82) is 0 Å². The number of imidazole rings is 1. The van der Waals surface area contributed by atoms with E-state index in [9.17, 15) is 0 Å². The Morgan fingerprint density at radius 1 is 1.46 bits per heavy atom. The molecule has 0 aliphatic heterocycles. The topological polar surface area (TPSA) is 29.9 Å². The minimum Gasteiger partial charge on any atom is -0.340 e. The fourth-order valence-corrected chi connectivity index (χ4v) is 1.61. The molecule has 0 saturated carbocycles. The highest BCUT2D eigenvalue weighted by atomic mass is 15.0. The molecule has 0 radical (unpaired) electrons. The van der Waals surface area contributed by atoms with Gasteiger partial charge in [0.05, 0.1) is 18.1 Å². The largest absolute Gasteiger partial charge is 0.340 e. The summed E-state index contributed by atoms with van der Waals surface area (Å²) >= 11 is 0. The Morgan fingerprint density at radius 2 is 2.08 bits per heavy atom. The molecule has 1 atom stereocenters. The lowest BCUT2D eigenvalue weighted by Crippen LogP contribution is -2.29. The molecular weight excluding hydrogens is 162 g/mol. The molecule has 1 unspecified atom stereocenters. The van der Waals surface area contributed by atoms with Gasteiger partial charge in [0, 0.05) is 13.2 Å². The summed E-state index contributed by atoms with van der Waals surface area (Å²) in [5, 5.41) is 3.30. The number of aryl methyl sites for hydroxylation is 1. The molecule has 0 fully saturated rings. The Hall–Kier alpha value is -0.830. The van der Waals surface area contributed by atoms with Gasteiger partial charge in [0.25, 0.3) is 0 Å². The average molecular weight is 181 g/mol. The minimum atomic E-state index is 0.198. The number of hydrogen-bond donors (Lipinski definition) is 1. The first kappa shape index (κ1) is 10.3. The first-order chi connectivity index (χ1) is 5.95. The Labute approximate surface area is 80.2 Å². The van der Waals surface area contributed by atoms with Crippen molar-refractivity contribution in [1.82, 2.24) is 14.9 Å². The van der Waals surface area contributed by atoms with Crippen molar-refractivity contribution in [2.45, 2.75) is 26.8 Å². The van der Waals surface area contributed by atoms with Gasteiger partial charge in [0.2, 0.25) is 0 Å². The molecule has 0 spiro atoms. The maximum Gasteiger partial charge on any atom is 0.0947 e. The quantitative estimate of drug-likeness (QED) is 0.753. The van der Waals surface area contributed by atoms with Gasteiger partial charge in [0.1, 0.15) is 0 Å². The van der Waals surface area contributed by atoms with E-state index < -0.39 is 0 Å². The summed E-state index contributed by atoms with van der Waals surface area (Å²) in [7, 11) is 3.97. The van der Waals surface area contributed by atoms with Gasteiger partial charge >= 0.3 is 0 Å². The zero-order valence-corrected chi connectivity index (χ0v) is 9.13. The van der Waals surface area contributed by atoms with E-state index in [2.05, 4.69) is 37.3 Å². The van der Waals surface area contributed by atoms with Crippen LogP contribution >= 0.6 is 0 Å². The van der Waals surface area contributed by atoms with Gasteiger partial charge in [0.15, 0.2) is 0 Å². The van der Waals surface area contributed by atoms with E-state index >= 15 is 0 Å². The number of hydrogen-bond acceptors (Lipinski definition) is 2. The molecular formula is C10H19N3. The van der Waals surface area contributed by atoms with Crippen molar-refractivity contribution in [3.05, 3.63) is 18.2 Å². The van der Waals surface area contributed by atoms with Crippen LogP contribution in [-0.2, 0) is 7.05 Å². The first-order valence-corrected chi connectivity index (χ1v) is 4.60. The fourth-order valence-electron chi connectivity index (χ4n) is 1.61. The highest BCUT2D eigenvalue weighted by Crippen LogP contribution is 2.30. The molecule has 13 heavy (non-hydrogen) atoms. The molecule has 0 aliphatic rings. The lowest BCUT2D eigenvalue weighted by atomic mass is 9.85. The molecule has 1 heterocycles. The van der Waals surface area contributed by atoms with Gasteiger partial charge in [-0.1, -0.05) is 20.8 Å². The van der Waals surface area contributed by atoms with Crippen LogP contribution in [-0.4, -0.2) is 16.6 Å². The van der Waals surface area contributed by atoms with E-state index in [1.54, 1.807) is 0 Å². The van der Waals surface area contributed by atoms with Gasteiger partial charge in [-0.05, 0) is 12.5 Å². The van der Waals surface area contributed by atoms with E-state index in [0.717, 1.165) is 5.69 Å². The molecule has 0 amide bonds. The van der Waals surface area contributed by atoms with Crippen molar-refractivity contribution < 1.29 is 0 Å². The third-order valence-corrected chi connectivity index (χ3v) is 2.18. The normalized spacial score (nSPS) is 14.5. The summed E-state index contributed by atoms with van der Waals surface area (Å²) in [6.45, 7) is 6.63.